The van der Waals surface area contributed by atoms with Gasteiger partial charge in [0.05, 0.1) is 19.5 Å². The molecule has 0 aromatic carbocycles. The van der Waals surface area contributed by atoms with Gasteiger partial charge in [0.2, 0.25) is 0 Å². The Morgan fingerprint density at radius 3 is 2.60 bits per heavy atom. The van der Waals surface area contributed by atoms with E-state index in [1.165, 1.54) is 25.7 Å². The maximum Gasteiger partial charge on any atom is 0.149 e. The first kappa shape index (κ1) is 17.4. The zero-order valence-electron chi connectivity index (χ0n) is 12.3. The number of hydrogen-bond donors (Lipinski definition) is 3. The minimum Gasteiger partial charge on any atom is -0.493 e. The molecule has 1 saturated heterocycles. The van der Waals surface area contributed by atoms with Crippen molar-refractivity contribution in [3.8, 4) is 0 Å². The molecule has 0 aromatic heterocycles. The van der Waals surface area contributed by atoms with Gasteiger partial charge in [0.1, 0.15) is 24.4 Å². The SMILES string of the molecule is CCCCCCC/C=C/O[C@@H]1CO[C@@H](CO)[C@H](O)[C@H]1O. The van der Waals surface area contributed by atoms with E-state index in [9.17, 15) is 10.2 Å². The minimum atomic E-state index is -1.11. The molecule has 5 heteroatoms. The van der Waals surface area contributed by atoms with Crippen LogP contribution in [0.25, 0.3) is 0 Å². The summed E-state index contributed by atoms with van der Waals surface area (Å²) in [6.07, 6.45) is 7.18. The molecule has 0 radical (unpaired) electrons. The van der Waals surface area contributed by atoms with Crippen molar-refractivity contribution < 1.29 is 24.8 Å². The Bertz CT molecular complexity index is 269. The summed E-state index contributed by atoms with van der Waals surface area (Å²) in [5.74, 6) is 0. The number of aliphatic hydroxyl groups is 3. The maximum absolute atomic E-state index is 9.84. The highest BCUT2D eigenvalue weighted by atomic mass is 16.6. The van der Waals surface area contributed by atoms with E-state index in [-0.39, 0.29) is 13.2 Å². The summed E-state index contributed by atoms with van der Waals surface area (Å²) in [5, 5.41) is 28.5. The van der Waals surface area contributed by atoms with Crippen molar-refractivity contribution in [3.05, 3.63) is 12.3 Å². The highest BCUT2D eigenvalue weighted by Crippen LogP contribution is 2.18. The van der Waals surface area contributed by atoms with Crippen LogP contribution in [0.5, 0.6) is 0 Å². The van der Waals surface area contributed by atoms with E-state index < -0.39 is 24.4 Å². The largest absolute Gasteiger partial charge is 0.493 e. The molecule has 0 unspecified atom stereocenters. The van der Waals surface area contributed by atoms with Gasteiger partial charge in [-0.15, -0.1) is 0 Å². The second-order valence-corrected chi connectivity index (χ2v) is 5.28. The van der Waals surface area contributed by atoms with Gasteiger partial charge in [-0.2, -0.15) is 0 Å². The fraction of sp³-hybridized carbons (Fsp3) is 0.867. The van der Waals surface area contributed by atoms with Crippen molar-refractivity contribution >= 4 is 0 Å². The molecule has 4 atom stereocenters. The van der Waals surface area contributed by atoms with Gasteiger partial charge in [-0.25, -0.2) is 0 Å². The van der Waals surface area contributed by atoms with Crippen LogP contribution in [0.4, 0.5) is 0 Å². The lowest BCUT2D eigenvalue weighted by Crippen LogP contribution is -2.54. The third-order valence-corrected chi connectivity index (χ3v) is 3.59. The number of unbranched alkanes of at least 4 members (excludes halogenated alkanes) is 5. The highest BCUT2D eigenvalue weighted by molar-refractivity contribution is 4.89. The lowest BCUT2D eigenvalue weighted by atomic mass is 10.0. The van der Waals surface area contributed by atoms with Crippen molar-refractivity contribution in [1.29, 1.82) is 0 Å². The van der Waals surface area contributed by atoms with Crippen LogP contribution in [-0.4, -0.2) is 52.9 Å². The fourth-order valence-electron chi connectivity index (χ4n) is 2.23. The molecule has 118 valence electrons. The van der Waals surface area contributed by atoms with Crippen molar-refractivity contribution in [1.82, 2.24) is 0 Å². The van der Waals surface area contributed by atoms with Gasteiger partial charge in [0.15, 0.2) is 0 Å². The van der Waals surface area contributed by atoms with Gasteiger partial charge in [-0.3, -0.25) is 0 Å². The molecule has 1 fully saturated rings. The molecular weight excluding hydrogens is 260 g/mol. The third-order valence-electron chi connectivity index (χ3n) is 3.59. The Labute approximate surface area is 121 Å². The van der Waals surface area contributed by atoms with Crippen LogP contribution in [-0.2, 0) is 9.47 Å². The molecule has 3 N–H and O–H groups in total. The van der Waals surface area contributed by atoms with E-state index >= 15 is 0 Å². The number of rotatable bonds is 9. The predicted molar refractivity (Wildman–Crippen MR) is 76.2 cm³/mol. The molecular formula is C15H28O5. The van der Waals surface area contributed by atoms with Crippen molar-refractivity contribution in [2.24, 2.45) is 0 Å². The van der Waals surface area contributed by atoms with E-state index in [0.29, 0.717) is 0 Å². The molecule has 1 aliphatic rings. The van der Waals surface area contributed by atoms with Crippen LogP contribution in [0.15, 0.2) is 12.3 Å². The van der Waals surface area contributed by atoms with E-state index in [2.05, 4.69) is 6.92 Å². The van der Waals surface area contributed by atoms with Crippen LogP contribution in [0.1, 0.15) is 45.4 Å². The average Bonchev–Trinajstić information content (AvgIpc) is 2.46. The molecule has 0 spiro atoms. The first-order valence-corrected chi connectivity index (χ1v) is 7.59. The summed E-state index contributed by atoms with van der Waals surface area (Å²) in [6.45, 7) is 2.06. The number of hydrogen-bond acceptors (Lipinski definition) is 5. The van der Waals surface area contributed by atoms with Gasteiger partial charge in [-0.1, -0.05) is 32.6 Å². The number of allylic oxidation sites excluding steroid dienone is 1. The Morgan fingerprint density at radius 2 is 1.90 bits per heavy atom. The van der Waals surface area contributed by atoms with Crippen LogP contribution >= 0.6 is 0 Å². The Morgan fingerprint density at radius 1 is 1.15 bits per heavy atom. The number of aliphatic hydroxyl groups excluding tert-OH is 3. The van der Waals surface area contributed by atoms with E-state index in [1.54, 1.807) is 6.26 Å². The van der Waals surface area contributed by atoms with Crippen molar-refractivity contribution in [2.75, 3.05) is 13.2 Å². The van der Waals surface area contributed by atoms with E-state index in [0.717, 1.165) is 12.8 Å². The second kappa shape index (κ2) is 10.2. The van der Waals surface area contributed by atoms with Gasteiger partial charge < -0.3 is 24.8 Å². The third kappa shape index (κ3) is 5.79. The van der Waals surface area contributed by atoms with Crippen LogP contribution < -0.4 is 0 Å². The quantitative estimate of drug-likeness (QED) is 0.441. The zero-order valence-corrected chi connectivity index (χ0v) is 12.3. The lowest BCUT2D eigenvalue weighted by molar-refractivity contribution is -0.196. The van der Waals surface area contributed by atoms with E-state index in [1.807, 2.05) is 6.08 Å². The predicted octanol–water partition coefficient (Wildman–Crippen LogP) is 1.36. The summed E-state index contributed by atoms with van der Waals surface area (Å²) in [7, 11) is 0. The molecule has 0 saturated carbocycles. The molecule has 0 aromatic rings. The Balaban J connectivity index is 2.15. The first-order valence-electron chi connectivity index (χ1n) is 7.59. The highest BCUT2D eigenvalue weighted by Gasteiger charge is 2.38. The standard InChI is InChI=1S/C15H28O5/c1-2-3-4-5-6-7-8-9-19-13-11-20-12(10-16)14(17)15(13)18/h8-9,12-18H,2-7,10-11H2,1H3/b9-8+/t12-,13+,14-,15-/m0/s1. The van der Waals surface area contributed by atoms with E-state index in [4.69, 9.17) is 14.6 Å². The molecule has 0 aliphatic carbocycles. The summed E-state index contributed by atoms with van der Waals surface area (Å²) in [5.41, 5.74) is 0. The van der Waals surface area contributed by atoms with Gasteiger partial charge in [0.25, 0.3) is 0 Å². The fourth-order valence-corrected chi connectivity index (χ4v) is 2.23. The minimum absolute atomic E-state index is 0.171. The topological polar surface area (TPSA) is 79.2 Å². The smallest absolute Gasteiger partial charge is 0.149 e. The monoisotopic (exact) mass is 288 g/mol. The average molecular weight is 288 g/mol. The molecule has 20 heavy (non-hydrogen) atoms. The normalized spacial score (nSPS) is 30.8. The maximum atomic E-state index is 9.84. The Hall–Kier alpha value is -0.620. The summed E-state index contributed by atoms with van der Waals surface area (Å²) in [4.78, 5) is 0. The summed E-state index contributed by atoms with van der Waals surface area (Å²) >= 11 is 0. The van der Waals surface area contributed by atoms with Crippen LogP contribution in [0.2, 0.25) is 0 Å². The summed E-state index contributed by atoms with van der Waals surface area (Å²) < 4.78 is 10.6. The molecule has 0 bridgehead atoms. The van der Waals surface area contributed by atoms with Crippen molar-refractivity contribution in [3.63, 3.8) is 0 Å². The van der Waals surface area contributed by atoms with Crippen molar-refractivity contribution in [2.45, 2.75) is 69.9 Å². The van der Waals surface area contributed by atoms with Gasteiger partial charge in [-0.05, 0) is 18.9 Å². The summed E-state index contributed by atoms with van der Waals surface area (Å²) in [6, 6.07) is 0. The zero-order chi connectivity index (χ0) is 14.8. The van der Waals surface area contributed by atoms with Crippen LogP contribution in [0.3, 0.4) is 0 Å². The van der Waals surface area contributed by atoms with Gasteiger partial charge in [0, 0.05) is 0 Å². The first-order chi connectivity index (χ1) is 9.70. The van der Waals surface area contributed by atoms with Gasteiger partial charge >= 0.3 is 0 Å². The molecule has 1 aliphatic heterocycles. The molecule has 1 rings (SSSR count). The second-order valence-electron chi connectivity index (χ2n) is 5.28. The molecule has 0 amide bonds. The van der Waals surface area contributed by atoms with Crippen LogP contribution in [0, 0.1) is 0 Å². The molecule has 1 heterocycles. The number of ether oxygens (including phenoxy) is 2. The lowest BCUT2D eigenvalue weighted by Gasteiger charge is -2.36. The molecule has 5 nitrogen and oxygen atoms in total. The Kier molecular flexibility index (Phi) is 8.85.